The Morgan fingerprint density at radius 2 is 2.14 bits per heavy atom. The summed E-state index contributed by atoms with van der Waals surface area (Å²) in [4.78, 5) is 24.6. The Bertz CT molecular complexity index is 1080. The number of aryl methyl sites for hydroxylation is 1. The van der Waals surface area contributed by atoms with Gasteiger partial charge in [-0.1, -0.05) is 24.3 Å². The number of nitrogens with one attached hydrogen (secondary N) is 2. The molecule has 3 aromatic rings. The SMILES string of the molecule is Cc1ccc2c(c1)NC(=O)C(CC(=O)Nc1cnn(Cc3ccccc3F)c1)O2. The highest BCUT2D eigenvalue weighted by molar-refractivity contribution is 6.02. The Morgan fingerprint density at radius 3 is 2.97 bits per heavy atom. The van der Waals surface area contributed by atoms with E-state index in [4.69, 9.17) is 4.74 Å². The normalized spacial score (nSPS) is 15.2. The summed E-state index contributed by atoms with van der Waals surface area (Å²) in [7, 11) is 0. The molecule has 0 bridgehead atoms. The first-order valence-electron chi connectivity index (χ1n) is 9.12. The van der Waals surface area contributed by atoms with Crippen molar-refractivity contribution in [2.75, 3.05) is 10.6 Å². The molecule has 1 aromatic heterocycles. The smallest absolute Gasteiger partial charge is 0.266 e. The maximum absolute atomic E-state index is 13.8. The molecule has 8 heteroatoms. The summed E-state index contributed by atoms with van der Waals surface area (Å²) in [5.74, 6) is -0.533. The highest BCUT2D eigenvalue weighted by Gasteiger charge is 2.29. The van der Waals surface area contributed by atoms with E-state index in [9.17, 15) is 14.0 Å². The highest BCUT2D eigenvalue weighted by Crippen LogP contribution is 2.31. The van der Waals surface area contributed by atoms with Gasteiger partial charge in [0.2, 0.25) is 5.91 Å². The number of rotatable bonds is 5. The quantitative estimate of drug-likeness (QED) is 0.696. The van der Waals surface area contributed by atoms with E-state index >= 15 is 0 Å². The predicted molar refractivity (Wildman–Crippen MR) is 105 cm³/mol. The monoisotopic (exact) mass is 394 g/mol. The Hall–Kier alpha value is -3.68. The third-order valence-electron chi connectivity index (χ3n) is 4.53. The summed E-state index contributed by atoms with van der Waals surface area (Å²) < 4.78 is 20.9. The highest BCUT2D eigenvalue weighted by atomic mass is 19.1. The Balaban J connectivity index is 1.37. The van der Waals surface area contributed by atoms with Crippen molar-refractivity contribution in [3.63, 3.8) is 0 Å². The van der Waals surface area contributed by atoms with Gasteiger partial charge in [-0.2, -0.15) is 5.10 Å². The molecule has 2 amide bonds. The van der Waals surface area contributed by atoms with Crippen LogP contribution in [0.5, 0.6) is 5.75 Å². The van der Waals surface area contributed by atoms with Gasteiger partial charge in [0.15, 0.2) is 6.10 Å². The number of hydrogen-bond donors (Lipinski definition) is 2. The number of carbonyl (C=O) groups is 2. The number of aromatic nitrogens is 2. The van der Waals surface area contributed by atoms with Crippen LogP contribution < -0.4 is 15.4 Å². The molecule has 148 valence electrons. The Morgan fingerprint density at radius 1 is 1.31 bits per heavy atom. The van der Waals surface area contributed by atoms with Crippen molar-refractivity contribution in [2.24, 2.45) is 0 Å². The molecule has 0 radical (unpaired) electrons. The van der Waals surface area contributed by atoms with Crippen LogP contribution in [-0.4, -0.2) is 27.7 Å². The maximum Gasteiger partial charge on any atom is 0.266 e. The van der Waals surface area contributed by atoms with Gasteiger partial charge < -0.3 is 15.4 Å². The zero-order valence-corrected chi connectivity index (χ0v) is 15.7. The van der Waals surface area contributed by atoms with Gasteiger partial charge in [-0.05, 0) is 30.7 Å². The van der Waals surface area contributed by atoms with Gasteiger partial charge in [0.25, 0.3) is 5.91 Å². The average Bonchev–Trinajstić information content (AvgIpc) is 3.11. The van der Waals surface area contributed by atoms with Gasteiger partial charge >= 0.3 is 0 Å². The molecule has 0 saturated heterocycles. The molecular formula is C21H19FN4O3. The second-order valence-corrected chi connectivity index (χ2v) is 6.87. The lowest BCUT2D eigenvalue weighted by atomic mass is 10.1. The number of fused-ring (bicyclic) bond motifs is 1. The van der Waals surface area contributed by atoms with Gasteiger partial charge in [0.1, 0.15) is 11.6 Å². The van der Waals surface area contributed by atoms with Crippen molar-refractivity contribution in [3.8, 4) is 5.75 Å². The molecule has 2 heterocycles. The Kier molecular flexibility index (Phi) is 4.99. The third kappa shape index (κ3) is 4.26. The van der Waals surface area contributed by atoms with Crippen LogP contribution in [0, 0.1) is 12.7 Å². The van der Waals surface area contributed by atoms with Gasteiger partial charge in [-0.15, -0.1) is 0 Å². The second-order valence-electron chi connectivity index (χ2n) is 6.87. The summed E-state index contributed by atoms with van der Waals surface area (Å²) in [5, 5.41) is 9.58. The number of halogens is 1. The standard InChI is InChI=1S/C21H19FN4O3/c1-13-6-7-18-17(8-13)25-21(28)19(29-18)9-20(27)24-15-10-23-26(12-15)11-14-4-2-3-5-16(14)22/h2-8,10,12,19H,9,11H2,1H3,(H,24,27)(H,25,28). The fourth-order valence-electron chi connectivity index (χ4n) is 3.09. The lowest BCUT2D eigenvalue weighted by Gasteiger charge is -2.25. The van der Waals surface area contributed by atoms with Crippen LogP contribution in [0.2, 0.25) is 0 Å². The summed E-state index contributed by atoms with van der Waals surface area (Å²) in [6.07, 6.45) is 2.01. The van der Waals surface area contributed by atoms with Crippen molar-refractivity contribution < 1.29 is 18.7 Å². The molecule has 0 saturated carbocycles. The van der Waals surface area contributed by atoms with E-state index in [-0.39, 0.29) is 30.6 Å². The fraction of sp³-hybridized carbons (Fsp3) is 0.190. The van der Waals surface area contributed by atoms with Crippen LogP contribution in [0.3, 0.4) is 0 Å². The Labute approximate surface area is 166 Å². The lowest BCUT2D eigenvalue weighted by Crippen LogP contribution is -2.39. The topological polar surface area (TPSA) is 85.3 Å². The molecule has 0 fully saturated rings. The number of carbonyl (C=O) groups excluding carboxylic acids is 2. The van der Waals surface area contributed by atoms with E-state index in [1.807, 2.05) is 19.1 Å². The number of anilines is 2. The fourth-order valence-corrected chi connectivity index (χ4v) is 3.09. The largest absolute Gasteiger partial charge is 0.478 e. The average molecular weight is 394 g/mol. The molecule has 7 nitrogen and oxygen atoms in total. The molecule has 1 atom stereocenters. The number of hydrogen-bond acceptors (Lipinski definition) is 4. The van der Waals surface area contributed by atoms with Crippen molar-refractivity contribution in [2.45, 2.75) is 26.0 Å². The number of amides is 2. The maximum atomic E-state index is 13.8. The van der Waals surface area contributed by atoms with Crippen molar-refractivity contribution in [3.05, 3.63) is 71.8 Å². The van der Waals surface area contributed by atoms with E-state index < -0.39 is 6.10 Å². The summed E-state index contributed by atoms with van der Waals surface area (Å²) in [5.41, 5.74) is 2.55. The molecule has 1 aliphatic heterocycles. The first kappa shape index (κ1) is 18.7. The van der Waals surface area contributed by atoms with Gasteiger partial charge in [-0.25, -0.2) is 4.39 Å². The molecule has 29 heavy (non-hydrogen) atoms. The van der Waals surface area contributed by atoms with Crippen LogP contribution in [0.4, 0.5) is 15.8 Å². The van der Waals surface area contributed by atoms with E-state index in [0.29, 0.717) is 22.7 Å². The molecular weight excluding hydrogens is 375 g/mol. The van der Waals surface area contributed by atoms with Gasteiger partial charge in [-0.3, -0.25) is 14.3 Å². The van der Waals surface area contributed by atoms with Crippen LogP contribution in [0.25, 0.3) is 0 Å². The van der Waals surface area contributed by atoms with E-state index in [0.717, 1.165) is 5.56 Å². The van der Waals surface area contributed by atoms with Crippen molar-refractivity contribution >= 4 is 23.2 Å². The number of ether oxygens (including phenoxy) is 1. The molecule has 1 aliphatic rings. The first-order chi connectivity index (χ1) is 14.0. The van der Waals surface area contributed by atoms with E-state index in [1.54, 1.807) is 30.5 Å². The van der Waals surface area contributed by atoms with Crippen LogP contribution in [-0.2, 0) is 16.1 Å². The zero-order valence-electron chi connectivity index (χ0n) is 15.7. The van der Waals surface area contributed by atoms with Crippen LogP contribution in [0.15, 0.2) is 54.9 Å². The second kappa shape index (κ2) is 7.75. The minimum Gasteiger partial charge on any atom is -0.478 e. The number of nitrogens with zero attached hydrogens (tertiary/aromatic N) is 2. The molecule has 1 unspecified atom stereocenters. The summed E-state index contributed by atoms with van der Waals surface area (Å²) in [6.45, 7) is 2.16. The molecule has 2 N–H and O–H groups in total. The third-order valence-corrected chi connectivity index (χ3v) is 4.53. The lowest BCUT2D eigenvalue weighted by molar-refractivity contribution is -0.128. The van der Waals surface area contributed by atoms with Gasteiger partial charge in [0, 0.05) is 11.8 Å². The summed E-state index contributed by atoms with van der Waals surface area (Å²) in [6, 6.07) is 11.9. The zero-order chi connectivity index (χ0) is 20.4. The van der Waals surface area contributed by atoms with Crippen molar-refractivity contribution in [1.82, 2.24) is 9.78 Å². The molecule has 2 aromatic carbocycles. The van der Waals surface area contributed by atoms with Crippen LogP contribution >= 0.6 is 0 Å². The molecule has 0 aliphatic carbocycles. The molecule has 4 rings (SSSR count). The van der Waals surface area contributed by atoms with E-state index in [1.165, 1.54) is 16.9 Å². The minimum atomic E-state index is -0.918. The molecule has 0 spiro atoms. The van der Waals surface area contributed by atoms with E-state index in [2.05, 4.69) is 15.7 Å². The first-order valence-corrected chi connectivity index (χ1v) is 9.12. The van der Waals surface area contributed by atoms with Crippen LogP contribution in [0.1, 0.15) is 17.5 Å². The predicted octanol–water partition coefficient (Wildman–Crippen LogP) is 3.11. The summed E-state index contributed by atoms with van der Waals surface area (Å²) >= 11 is 0. The minimum absolute atomic E-state index is 0.141. The van der Waals surface area contributed by atoms with Crippen molar-refractivity contribution in [1.29, 1.82) is 0 Å². The number of benzene rings is 2. The van der Waals surface area contributed by atoms with Gasteiger partial charge in [0.05, 0.1) is 30.5 Å².